The van der Waals surface area contributed by atoms with Crippen LogP contribution in [0, 0.1) is 5.41 Å². The first-order valence-electron chi connectivity index (χ1n) is 7.37. The summed E-state index contributed by atoms with van der Waals surface area (Å²) in [6, 6.07) is 6.98. The summed E-state index contributed by atoms with van der Waals surface area (Å²) in [6.07, 6.45) is 0. The number of carbonyl (C=O) groups excluding carboxylic acids is 1. The highest BCUT2D eigenvalue weighted by molar-refractivity contribution is 5.82. The van der Waals surface area contributed by atoms with Crippen LogP contribution in [0.4, 0.5) is 0 Å². The number of amides is 1. The second-order valence-electron chi connectivity index (χ2n) is 6.69. The van der Waals surface area contributed by atoms with E-state index in [2.05, 4.69) is 4.98 Å². The summed E-state index contributed by atoms with van der Waals surface area (Å²) in [5.74, 6) is 0.603. The summed E-state index contributed by atoms with van der Waals surface area (Å²) >= 11 is 0. The molecule has 2 aromatic rings. The van der Waals surface area contributed by atoms with Gasteiger partial charge in [0.25, 0.3) is 5.56 Å². The van der Waals surface area contributed by atoms with Crippen LogP contribution >= 0.6 is 0 Å². The topological polar surface area (TPSA) is 55.2 Å². The lowest BCUT2D eigenvalue weighted by Crippen LogP contribution is -2.40. The number of hydrogen-bond acceptors (Lipinski definition) is 3. The number of nitrogens with zero attached hydrogens (tertiary/aromatic N) is 3. The Balaban J connectivity index is 2.53. The Hall–Kier alpha value is -2.17. The zero-order chi connectivity index (χ0) is 16.7. The summed E-state index contributed by atoms with van der Waals surface area (Å²) < 4.78 is 1.53. The predicted molar refractivity (Wildman–Crippen MR) is 87.6 cm³/mol. The van der Waals surface area contributed by atoms with Gasteiger partial charge in [-0.2, -0.15) is 0 Å². The van der Waals surface area contributed by atoms with E-state index in [4.69, 9.17) is 0 Å². The lowest BCUT2D eigenvalue weighted by Gasteiger charge is -2.31. The third kappa shape index (κ3) is 2.75. The zero-order valence-corrected chi connectivity index (χ0v) is 14.0. The molecule has 1 heterocycles. The van der Waals surface area contributed by atoms with Gasteiger partial charge in [0.05, 0.1) is 16.9 Å². The molecule has 1 aromatic heterocycles. The van der Waals surface area contributed by atoms with Gasteiger partial charge in [0, 0.05) is 19.5 Å². The second-order valence-corrected chi connectivity index (χ2v) is 6.69. The molecule has 0 aliphatic rings. The first-order valence-corrected chi connectivity index (χ1v) is 7.37. The number of rotatable bonds is 2. The van der Waals surface area contributed by atoms with Crippen molar-refractivity contribution in [2.45, 2.75) is 33.7 Å². The summed E-state index contributed by atoms with van der Waals surface area (Å²) in [6.45, 7) is 7.53. The van der Waals surface area contributed by atoms with Crippen molar-refractivity contribution in [3.63, 3.8) is 0 Å². The molecule has 2 rings (SSSR count). The van der Waals surface area contributed by atoms with Crippen molar-refractivity contribution < 1.29 is 4.79 Å². The van der Waals surface area contributed by atoms with Crippen LogP contribution in [0.5, 0.6) is 0 Å². The molecule has 0 radical (unpaired) electrons. The van der Waals surface area contributed by atoms with Crippen LogP contribution in [0.15, 0.2) is 29.1 Å². The molecule has 5 nitrogen and oxygen atoms in total. The van der Waals surface area contributed by atoms with Crippen molar-refractivity contribution >= 4 is 16.8 Å². The fraction of sp³-hybridized carbons (Fsp3) is 0.471. The van der Waals surface area contributed by atoms with E-state index >= 15 is 0 Å². The van der Waals surface area contributed by atoms with Crippen LogP contribution in [0.1, 0.15) is 39.6 Å². The SMILES string of the molecule is CC(c1nc2ccccc2c(=O)n1C)N(C)C(=O)C(C)(C)C. The van der Waals surface area contributed by atoms with Gasteiger partial charge in [0.2, 0.25) is 5.91 Å². The van der Waals surface area contributed by atoms with Crippen LogP contribution in [-0.4, -0.2) is 27.4 Å². The van der Waals surface area contributed by atoms with E-state index in [1.807, 2.05) is 45.9 Å². The number of aromatic nitrogens is 2. The lowest BCUT2D eigenvalue weighted by molar-refractivity contribution is -0.140. The molecular formula is C17H23N3O2. The highest BCUT2D eigenvalue weighted by atomic mass is 16.2. The smallest absolute Gasteiger partial charge is 0.261 e. The van der Waals surface area contributed by atoms with Crippen LogP contribution in [0.25, 0.3) is 10.9 Å². The van der Waals surface area contributed by atoms with E-state index < -0.39 is 5.41 Å². The van der Waals surface area contributed by atoms with E-state index in [0.29, 0.717) is 16.7 Å². The minimum Gasteiger partial charge on any atom is -0.335 e. The summed E-state index contributed by atoms with van der Waals surface area (Å²) in [5, 5.41) is 0.589. The van der Waals surface area contributed by atoms with E-state index in [1.165, 1.54) is 4.57 Å². The Kier molecular flexibility index (Phi) is 4.09. The van der Waals surface area contributed by atoms with Crippen LogP contribution in [0.2, 0.25) is 0 Å². The Bertz CT molecular complexity index is 772. The molecular weight excluding hydrogens is 278 g/mol. The number of hydrogen-bond donors (Lipinski definition) is 0. The van der Waals surface area contributed by atoms with Crippen LogP contribution < -0.4 is 5.56 Å². The Labute approximate surface area is 130 Å². The molecule has 1 aromatic carbocycles. The van der Waals surface area contributed by atoms with Gasteiger partial charge >= 0.3 is 0 Å². The van der Waals surface area contributed by atoms with Gasteiger partial charge in [-0.25, -0.2) is 4.98 Å². The molecule has 0 aliphatic carbocycles. The molecule has 0 spiro atoms. The van der Waals surface area contributed by atoms with E-state index in [1.54, 1.807) is 25.1 Å². The van der Waals surface area contributed by atoms with Gasteiger partial charge < -0.3 is 4.90 Å². The van der Waals surface area contributed by atoms with Crippen LogP contribution in [-0.2, 0) is 11.8 Å². The van der Waals surface area contributed by atoms with Crippen molar-refractivity contribution in [3.8, 4) is 0 Å². The number of carbonyl (C=O) groups is 1. The molecule has 1 amide bonds. The second kappa shape index (κ2) is 5.55. The van der Waals surface area contributed by atoms with Gasteiger partial charge in [-0.1, -0.05) is 32.9 Å². The Morgan fingerprint density at radius 3 is 2.45 bits per heavy atom. The van der Waals surface area contributed by atoms with Crippen molar-refractivity contribution in [1.82, 2.24) is 14.5 Å². The normalized spacial score (nSPS) is 13.2. The van der Waals surface area contributed by atoms with Gasteiger partial charge in [0.1, 0.15) is 5.82 Å². The third-order valence-corrected chi connectivity index (χ3v) is 3.93. The maximum absolute atomic E-state index is 12.5. The summed E-state index contributed by atoms with van der Waals surface area (Å²) in [4.78, 5) is 31.2. The number of fused-ring (bicyclic) bond motifs is 1. The third-order valence-electron chi connectivity index (χ3n) is 3.93. The quantitative estimate of drug-likeness (QED) is 0.856. The van der Waals surface area contributed by atoms with Gasteiger partial charge in [0.15, 0.2) is 0 Å². The van der Waals surface area contributed by atoms with E-state index in [9.17, 15) is 9.59 Å². The molecule has 0 saturated carbocycles. The van der Waals surface area contributed by atoms with Crippen molar-refractivity contribution in [3.05, 3.63) is 40.4 Å². The molecule has 0 bridgehead atoms. The summed E-state index contributed by atoms with van der Waals surface area (Å²) in [5.41, 5.74) is 0.0896. The molecule has 0 saturated heterocycles. The summed E-state index contributed by atoms with van der Waals surface area (Å²) in [7, 11) is 3.45. The Morgan fingerprint density at radius 1 is 1.27 bits per heavy atom. The molecule has 0 aliphatic heterocycles. The lowest BCUT2D eigenvalue weighted by atomic mass is 9.94. The first kappa shape index (κ1) is 16.2. The van der Waals surface area contributed by atoms with E-state index in [0.717, 1.165) is 0 Å². The van der Waals surface area contributed by atoms with Gasteiger partial charge in [-0.15, -0.1) is 0 Å². The zero-order valence-electron chi connectivity index (χ0n) is 14.0. The standard InChI is InChI=1S/C17H23N3O2/c1-11(19(5)16(22)17(2,3)4)14-18-13-10-8-7-9-12(13)15(21)20(14)6/h7-11H,1-6H3. The maximum Gasteiger partial charge on any atom is 0.261 e. The van der Waals surface area contributed by atoms with Crippen molar-refractivity contribution in [2.24, 2.45) is 12.5 Å². The van der Waals surface area contributed by atoms with Gasteiger partial charge in [-0.3, -0.25) is 14.2 Å². The molecule has 0 fully saturated rings. The minimum atomic E-state index is -0.473. The van der Waals surface area contributed by atoms with Crippen molar-refractivity contribution in [2.75, 3.05) is 7.05 Å². The molecule has 118 valence electrons. The molecule has 5 heteroatoms. The fourth-order valence-corrected chi connectivity index (χ4v) is 2.49. The molecule has 1 unspecified atom stereocenters. The van der Waals surface area contributed by atoms with Gasteiger partial charge in [-0.05, 0) is 19.1 Å². The molecule has 22 heavy (non-hydrogen) atoms. The first-order chi connectivity index (χ1) is 10.1. The van der Waals surface area contributed by atoms with E-state index in [-0.39, 0.29) is 17.5 Å². The highest BCUT2D eigenvalue weighted by Gasteiger charge is 2.30. The molecule has 0 N–H and O–H groups in total. The fourth-order valence-electron chi connectivity index (χ4n) is 2.49. The average Bonchev–Trinajstić information content (AvgIpc) is 2.47. The van der Waals surface area contributed by atoms with Crippen molar-refractivity contribution in [1.29, 1.82) is 0 Å². The average molecular weight is 301 g/mol. The largest absolute Gasteiger partial charge is 0.335 e. The number of benzene rings is 1. The monoisotopic (exact) mass is 301 g/mol. The molecule has 1 atom stereocenters. The highest BCUT2D eigenvalue weighted by Crippen LogP contribution is 2.24. The predicted octanol–water partition coefficient (Wildman–Crippen LogP) is 2.50. The minimum absolute atomic E-state index is 0.0161. The number of para-hydroxylation sites is 1. The maximum atomic E-state index is 12.5. The van der Waals surface area contributed by atoms with Crippen LogP contribution in [0.3, 0.4) is 0 Å². The Morgan fingerprint density at radius 2 is 1.86 bits per heavy atom.